The van der Waals surface area contributed by atoms with E-state index in [4.69, 9.17) is 0 Å². The maximum absolute atomic E-state index is 12.8. The third-order valence-electron chi connectivity index (χ3n) is 4.14. The van der Waals surface area contributed by atoms with Gasteiger partial charge in [0.05, 0.1) is 10.6 Å². The molecule has 2 N–H and O–H groups in total. The van der Waals surface area contributed by atoms with Crippen LogP contribution in [0.2, 0.25) is 0 Å². The SMILES string of the molecule is CSCCC(NS(=O)(=O)c1ccccc1)C(=O)Nc1ccn(-c2ccccc2)n1. The number of thioether (sulfide) groups is 1. The number of hydrogen-bond acceptors (Lipinski definition) is 5. The van der Waals surface area contributed by atoms with Gasteiger partial charge in [0.1, 0.15) is 6.04 Å². The van der Waals surface area contributed by atoms with E-state index in [1.807, 2.05) is 36.6 Å². The second kappa shape index (κ2) is 9.73. The van der Waals surface area contributed by atoms with Gasteiger partial charge in [0, 0.05) is 12.3 Å². The molecule has 3 aromatic rings. The van der Waals surface area contributed by atoms with Gasteiger partial charge in [-0.25, -0.2) is 13.1 Å². The predicted octanol–water partition coefficient (Wildman–Crippen LogP) is 2.91. The maximum atomic E-state index is 12.8. The number of nitrogens with one attached hydrogen (secondary N) is 2. The molecule has 2 aromatic carbocycles. The Labute approximate surface area is 174 Å². The van der Waals surface area contributed by atoms with Crippen molar-refractivity contribution >= 4 is 33.5 Å². The Morgan fingerprint density at radius 2 is 1.72 bits per heavy atom. The van der Waals surface area contributed by atoms with Crippen molar-refractivity contribution in [2.75, 3.05) is 17.3 Å². The van der Waals surface area contributed by atoms with Crippen LogP contribution in [-0.4, -0.2) is 42.2 Å². The van der Waals surface area contributed by atoms with Crippen LogP contribution in [0, 0.1) is 0 Å². The van der Waals surface area contributed by atoms with Gasteiger partial charge in [0.15, 0.2) is 5.82 Å². The molecular weight excluding hydrogens is 408 g/mol. The van der Waals surface area contributed by atoms with E-state index in [0.717, 1.165) is 5.69 Å². The molecule has 29 heavy (non-hydrogen) atoms. The van der Waals surface area contributed by atoms with Crippen LogP contribution in [0.1, 0.15) is 6.42 Å². The van der Waals surface area contributed by atoms with Crippen molar-refractivity contribution in [2.45, 2.75) is 17.4 Å². The quantitative estimate of drug-likeness (QED) is 0.544. The fourth-order valence-electron chi connectivity index (χ4n) is 2.66. The number of carbonyl (C=O) groups excluding carboxylic acids is 1. The van der Waals surface area contributed by atoms with Gasteiger partial charge >= 0.3 is 0 Å². The summed E-state index contributed by atoms with van der Waals surface area (Å²) in [6.45, 7) is 0. The number of sulfonamides is 1. The summed E-state index contributed by atoms with van der Waals surface area (Å²) in [6.07, 6.45) is 4.00. The Kier molecular flexibility index (Phi) is 7.08. The first-order valence-electron chi connectivity index (χ1n) is 8.98. The van der Waals surface area contributed by atoms with E-state index < -0.39 is 22.0 Å². The average molecular weight is 431 g/mol. The van der Waals surface area contributed by atoms with Crippen LogP contribution in [0.25, 0.3) is 5.69 Å². The van der Waals surface area contributed by atoms with E-state index in [9.17, 15) is 13.2 Å². The first-order valence-corrected chi connectivity index (χ1v) is 11.9. The van der Waals surface area contributed by atoms with Crippen LogP contribution >= 0.6 is 11.8 Å². The van der Waals surface area contributed by atoms with Crippen molar-refractivity contribution in [1.29, 1.82) is 0 Å². The van der Waals surface area contributed by atoms with E-state index in [-0.39, 0.29) is 4.90 Å². The van der Waals surface area contributed by atoms with Gasteiger partial charge in [0.2, 0.25) is 15.9 Å². The highest BCUT2D eigenvalue weighted by molar-refractivity contribution is 7.98. The fourth-order valence-corrected chi connectivity index (χ4v) is 4.39. The molecular formula is C20H22N4O3S2. The molecule has 0 aliphatic carbocycles. The molecule has 0 spiro atoms. The summed E-state index contributed by atoms with van der Waals surface area (Å²) < 4.78 is 29.4. The lowest BCUT2D eigenvalue weighted by Gasteiger charge is -2.17. The van der Waals surface area contributed by atoms with Gasteiger partial charge < -0.3 is 5.32 Å². The highest BCUT2D eigenvalue weighted by atomic mass is 32.2. The minimum absolute atomic E-state index is 0.121. The molecule has 1 aromatic heterocycles. The lowest BCUT2D eigenvalue weighted by molar-refractivity contribution is -0.117. The van der Waals surface area contributed by atoms with Gasteiger partial charge in [-0.3, -0.25) is 4.79 Å². The van der Waals surface area contributed by atoms with Crippen molar-refractivity contribution in [3.63, 3.8) is 0 Å². The lowest BCUT2D eigenvalue weighted by Crippen LogP contribution is -2.44. The average Bonchev–Trinajstić information content (AvgIpc) is 3.21. The Balaban J connectivity index is 1.73. The molecule has 1 unspecified atom stereocenters. The molecule has 0 bridgehead atoms. The minimum Gasteiger partial charge on any atom is -0.308 e. The first kappa shape index (κ1) is 21.1. The van der Waals surface area contributed by atoms with Crippen LogP contribution in [0.3, 0.4) is 0 Å². The second-order valence-electron chi connectivity index (χ2n) is 6.24. The number of amides is 1. The zero-order valence-electron chi connectivity index (χ0n) is 15.9. The first-order chi connectivity index (χ1) is 14.0. The van der Waals surface area contributed by atoms with Crippen molar-refractivity contribution in [1.82, 2.24) is 14.5 Å². The number of hydrogen-bond donors (Lipinski definition) is 2. The molecule has 0 aliphatic rings. The number of anilines is 1. The predicted molar refractivity (Wildman–Crippen MR) is 116 cm³/mol. The number of carbonyl (C=O) groups is 1. The molecule has 0 fully saturated rings. The van der Waals surface area contributed by atoms with Gasteiger partial charge in [-0.15, -0.1) is 0 Å². The van der Waals surface area contributed by atoms with E-state index in [1.165, 1.54) is 12.1 Å². The number of para-hydroxylation sites is 1. The molecule has 1 amide bonds. The van der Waals surface area contributed by atoms with Crippen LogP contribution in [-0.2, 0) is 14.8 Å². The van der Waals surface area contributed by atoms with Crippen molar-refractivity contribution in [3.05, 3.63) is 72.9 Å². The third-order valence-corrected chi connectivity index (χ3v) is 6.27. The molecule has 9 heteroatoms. The third kappa shape index (κ3) is 5.69. The molecule has 0 aliphatic heterocycles. The summed E-state index contributed by atoms with van der Waals surface area (Å²) in [5, 5.41) is 7.05. The van der Waals surface area contributed by atoms with Gasteiger partial charge in [0.25, 0.3) is 0 Å². The van der Waals surface area contributed by atoms with Gasteiger partial charge in [-0.2, -0.15) is 21.6 Å². The van der Waals surface area contributed by atoms with Crippen LogP contribution in [0.5, 0.6) is 0 Å². The Morgan fingerprint density at radius 1 is 1.07 bits per heavy atom. The summed E-state index contributed by atoms with van der Waals surface area (Å²) in [5.74, 6) is 0.539. The molecule has 1 atom stereocenters. The fraction of sp³-hybridized carbons (Fsp3) is 0.200. The van der Waals surface area contributed by atoms with Gasteiger partial charge in [-0.05, 0) is 42.7 Å². The van der Waals surface area contributed by atoms with E-state index in [1.54, 1.807) is 46.9 Å². The Morgan fingerprint density at radius 3 is 2.38 bits per heavy atom. The van der Waals surface area contributed by atoms with Crippen LogP contribution in [0.15, 0.2) is 77.8 Å². The van der Waals surface area contributed by atoms with E-state index >= 15 is 0 Å². The highest BCUT2D eigenvalue weighted by Crippen LogP contribution is 2.13. The second-order valence-corrected chi connectivity index (χ2v) is 8.94. The Hall–Kier alpha value is -2.62. The van der Waals surface area contributed by atoms with E-state index in [2.05, 4.69) is 15.1 Å². The molecule has 7 nitrogen and oxygen atoms in total. The smallest absolute Gasteiger partial charge is 0.243 e. The van der Waals surface area contributed by atoms with E-state index in [0.29, 0.717) is 18.0 Å². The maximum Gasteiger partial charge on any atom is 0.243 e. The van der Waals surface area contributed by atoms with Crippen LogP contribution < -0.4 is 10.0 Å². The zero-order valence-corrected chi connectivity index (χ0v) is 17.5. The molecule has 1 heterocycles. The van der Waals surface area contributed by atoms with Crippen molar-refractivity contribution in [3.8, 4) is 5.69 Å². The lowest BCUT2D eigenvalue weighted by atomic mass is 10.2. The van der Waals surface area contributed by atoms with Crippen LogP contribution in [0.4, 0.5) is 5.82 Å². The van der Waals surface area contributed by atoms with Gasteiger partial charge in [-0.1, -0.05) is 36.4 Å². The molecule has 0 saturated carbocycles. The monoisotopic (exact) mass is 430 g/mol. The summed E-state index contributed by atoms with van der Waals surface area (Å²) in [4.78, 5) is 12.9. The number of rotatable bonds is 9. The molecule has 152 valence electrons. The van der Waals surface area contributed by atoms with Crippen molar-refractivity contribution in [2.24, 2.45) is 0 Å². The number of nitrogens with zero attached hydrogens (tertiary/aromatic N) is 2. The summed E-state index contributed by atoms with van der Waals surface area (Å²) in [6, 6.07) is 18.3. The molecule has 3 rings (SSSR count). The summed E-state index contributed by atoms with van der Waals surface area (Å²) >= 11 is 1.54. The normalized spacial score (nSPS) is 12.4. The minimum atomic E-state index is -3.81. The van der Waals surface area contributed by atoms with Crippen molar-refractivity contribution < 1.29 is 13.2 Å². The largest absolute Gasteiger partial charge is 0.308 e. The molecule has 0 saturated heterocycles. The topological polar surface area (TPSA) is 93.1 Å². The highest BCUT2D eigenvalue weighted by Gasteiger charge is 2.26. The number of benzene rings is 2. The number of aromatic nitrogens is 2. The summed E-state index contributed by atoms with van der Waals surface area (Å²) in [7, 11) is -3.81. The zero-order chi connectivity index (χ0) is 20.7. The Bertz CT molecular complexity index is 1040. The molecule has 0 radical (unpaired) electrons. The summed E-state index contributed by atoms with van der Waals surface area (Å²) in [5.41, 5.74) is 0.858. The standard InChI is InChI=1S/C20H22N4O3S2/c1-28-15-13-18(23-29(26,27)17-10-6-3-7-11-17)20(25)21-19-12-14-24(22-19)16-8-4-2-5-9-16/h2-12,14,18,23H,13,15H2,1H3,(H,21,22,25).